The second kappa shape index (κ2) is 5.51. The molecule has 1 atom stereocenters. The van der Waals surface area contributed by atoms with Crippen molar-refractivity contribution in [2.45, 2.75) is 32.4 Å². The van der Waals surface area contributed by atoms with Crippen molar-refractivity contribution in [3.63, 3.8) is 0 Å². The molecule has 0 aromatic carbocycles. The molecule has 0 nitrogen and oxygen atoms in total. The molecule has 0 fully saturated rings. The van der Waals surface area contributed by atoms with Crippen LogP contribution in [0, 0.1) is 0 Å². The van der Waals surface area contributed by atoms with Gasteiger partial charge in [0, 0.05) is 4.88 Å². The Morgan fingerprint density at radius 1 is 1.38 bits per heavy atom. The van der Waals surface area contributed by atoms with Gasteiger partial charge in [-0.15, -0.1) is 23.1 Å². The summed E-state index contributed by atoms with van der Waals surface area (Å²) in [5.41, 5.74) is 0. The molecule has 0 amide bonds. The van der Waals surface area contributed by atoms with Crippen molar-refractivity contribution in [2.24, 2.45) is 0 Å². The molecule has 1 aromatic heterocycles. The molecular formula is C11H16S2. The van der Waals surface area contributed by atoms with Crippen LogP contribution < -0.4 is 0 Å². The monoisotopic (exact) mass is 212 g/mol. The van der Waals surface area contributed by atoms with E-state index in [1.54, 1.807) is 4.91 Å². The highest BCUT2D eigenvalue weighted by molar-refractivity contribution is 8.04. The van der Waals surface area contributed by atoms with E-state index in [9.17, 15) is 0 Å². The van der Waals surface area contributed by atoms with Crippen molar-refractivity contribution in [3.8, 4) is 0 Å². The van der Waals surface area contributed by atoms with Gasteiger partial charge in [0.05, 0.1) is 5.25 Å². The van der Waals surface area contributed by atoms with E-state index in [2.05, 4.69) is 30.5 Å². The lowest BCUT2D eigenvalue weighted by Crippen LogP contribution is -1.97. The van der Waals surface area contributed by atoms with Crippen molar-refractivity contribution in [1.29, 1.82) is 0 Å². The predicted octanol–water partition coefficient (Wildman–Crippen LogP) is 4.86. The van der Waals surface area contributed by atoms with Gasteiger partial charge in [-0.2, -0.15) is 0 Å². The third-order valence-corrected chi connectivity index (χ3v) is 4.26. The molecule has 1 aliphatic heterocycles. The molecular weight excluding hydrogens is 196 g/mol. The molecule has 0 bridgehead atoms. The summed E-state index contributed by atoms with van der Waals surface area (Å²) >= 11 is 3.86. The molecule has 1 aliphatic rings. The largest absolute Gasteiger partial charge is 0.147 e. The zero-order chi connectivity index (χ0) is 9.68. The maximum Gasteiger partial charge on any atom is 0.0625 e. The molecule has 0 spiro atoms. The Labute approximate surface area is 89.1 Å². The lowest BCUT2D eigenvalue weighted by atomic mass is 10.2. The minimum absolute atomic E-state index is 0.671. The van der Waals surface area contributed by atoms with Gasteiger partial charge in [-0.05, 0) is 22.8 Å². The number of thioether (sulfide) groups is 1. The van der Waals surface area contributed by atoms with Crippen LogP contribution in [0.15, 0.2) is 28.5 Å². The Morgan fingerprint density at radius 3 is 2.54 bits per heavy atom. The van der Waals surface area contributed by atoms with Gasteiger partial charge in [-0.3, -0.25) is 0 Å². The maximum absolute atomic E-state index is 2.37. The number of hydrogen-bond acceptors (Lipinski definition) is 2. The number of rotatable bonds is 2. The number of allylic oxidation sites excluding steroid dienone is 1. The minimum atomic E-state index is 0.671. The fourth-order valence-corrected chi connectivity index (χ4v) is 3.02. The van der Waals surface area contributed by atoms with E-state index in [1.165, 1.54) is 11.3 Å². The first-order valence-electron chi connectivity index (χ1n) is 4.81. The third kappa shape index (κ3) is 2.61. The van der Waals surface area contributed by atoms with E-state index in [0.717, 1.165) is 0 Å². The van der Waals surface area contributed by atoms with Crippen LogP contribution in [0.3, 0.4) is 0 Å². The quantitative estimate of drug-likeness (QED) is 0.675. The highest BCUT2D eigenvalue weighted by atomic mass is 32.2. The van der Waals surface area contributed by atoms with Gasteiger partial charge >= 0.3 is 0 Å². The lowest BCUT2D eigenvalue weighted by molar-refractivity contribution is 1.12. The van der Waals surface area contributed by atoms with Crippen LogP contribution in [0.1, 0.15) is 37.3 Å². The molecule has 72 valence electrons. The first-order chi connectivity index (χ1) is 6.40. The van der Waals surface area contributed by atoms with Gasteiger partial charge in [0.1, 0.15) is 0 Å². The topological polar surface area (TPSA) is 0 Å². The van der Waals surface area contributed by atoms with Crippen LogP contribution in [0.4, 0.5) is 0 Å². The first kappa shape index (κ1) is 10.9. The van der Waals surface area contributed by atoms with Gasteiger partial charge in [-0.1, -0.05) is 32.9 Å². The van der Waals surface area contributed by atoms with Crippen molar-refractivity contribution < 1.29 is 0 Å². The summed E-state index contributed by atoms with van der Waals surface area (Å²) in [5, 5.41) is 2.82. The van der Waals surface area contributed by atoms with Crippen molar-refractivity contribution in [1.82, 2.24) is 0 Å². The molecule has 0 saturated carbocycles. The predicted molar refractivity (Wildman–Crippen MR) is 64.4 cm³/mol. The average Bonchev–Trinajstić information content (AvgIpc) is 2.59. The average molecular weight is 212 g/mol. The summed E-state index contributed by atoms with van der Waals surface area (Å²) < 4.78 is 0. The Kier molecular flexibility index (Phi) is 4.60. The van der Waals surface area contributed by atoms with E-state index in [4.69, 9.17) is 0 Å². The Bertz CT molecular complexity index is 260. The van der Waals surface area contributed by atoms with Crippen molar-refractivity contribution >= 4 is 23.1 Å². The normalized spacial score (nSPS) is 19.6. The highest BCUT2D eigenvalue weighted by Gasteiger charge is 2.20. The molecule has 0 aliphatic carbocycles. The van der Waals surface area contributed by atoms with Crippen LogP contribution in [0.5, 0.6) is 0 Å². The lowest BCUT2D eigenvalue weighted by Gasteiger charge is -2.22. The summed E-state index contributed by atoms with van der Waals surface area (Å²) in [4.78, 5) is 3.04. The van der Waals surface area contributed by atoms with E-state index in [-0.39, 0.29) is 0 Å². The van der Waals surface area contributed by atoms with Crippen LogP contribution in [0.25, 0.3) is 0 Å². The Morgan fingerprint density at radius 2 is 2.08 bits per heavy atom. The van der Waals surface area contributed by atoms with Crippen LogP contribution >= 0.6 is 23.1 Å². The smallest absolute Gasteiger partial charge is 0.0625 e. The fraction of sp³-hybridized carbons (Fsp3) is 0.455. The summed E-state index contributed by atoms with van der Waals surface area (Å²) in [6.07, 6.45) is 3.57. The zero-order valence-electron chi connectivity index (χ0n) is 8.41. The number of thiophene rings is 1. The van der Waals surface area contributed by atoms with Gasteiger partial charge in [0.25, 0.3) is 0 Å². The van der Waals surface area contributed by atoms with Crippen LogP contribution in [-0.2, 0) is 0 Å². The molecule has 2 heterocycles. The van der Waals surface area contributed by atoms with Gasteiger partial charge in [-0.25, -0.2) is 0 Å². The Hall–Kier alpha value is -0.210. The van der Waals surface area contributed by atoms with Crippen LogP contribution in [0.2, 0.25) is 0 Å². The molecule has 0 saturated heterocycles. The molecule has 0 radical (unpaired) electrons. The SMILES string of the molecule is CC.CCC1=CC(c2cccs2)S1. The van der Waals surface area contributed by atoms with Crippen molar-refractivity contribution in [2.75, 3.05) is 0 Å². The van der Waals surface area contributed by atoms with Gasteiger partial charge < -0.3 is 0 Å². The molecule has 1 unspecified atom stereocenters. The fourth-order valence-electron chi connectivity index (χ4n) is 1.13. The minimum Gasteiger partial charge on any atom is -0.147 e. The molecule has 2 heteroatoms. The molecule has 1 aromatic rings. The van der Waals surface area contributed by atoms with Gasteiger partial charge in [0.2, 0.25) is 0 Å². The summed E-state index contributed by atoms with van der Waals surface area (Å²) in [6, 6.07) is 4.34. The standard InChI is InChI=1S/C9H10S2.C2H6/c1-2-7-6-9(11-7)8-4-3-5-10-8;1-2/h3-6,9H,2H2,1H3;1-2H3. The van der Waals surface area contributed by atoms with Crippen molar-refractivity contribution in [3.05, 3.63) is 33.4 Å². The molecule has 2 rings (SSSR count). The second-order valence-electron chi connectivity index (χ2n) is 2.54. The van der Waals surface area contributed by atoms with E-state index in [1.807, 2.05) is 36.9 Å². The maximum atomic E-state index is 2.37. The van der Waals surface area contributed by atoms with E-state index >= 15 is 0 Å². The first-order valence-corrected chi connectivity index (χ1v) is 6.57. The third-order valence-electron chi connectivity index (χ3n) is 1.79. The molecule has 13 heavy (non-hydrogen) atoms. The zero-order valence-corrected chi connectivity index (χ0v) is 10.0. The van der Waals surface area contributed by atoms with Crippen LogP contribution in [-0.4, -0.2) is 0 Å². The summed E-state index contributed by atoms with van der Waals surface area (Å²) in [5.74, 6) is 0. The number of hydrogen-bond donors (Lipinski definition) is 0. The Balaban J connectivity index is 0.000000396. The summed E-state index contributed by atoms with van der Waals surface area (Å²) in [6.45, 7) is 6.21. The second-order valence-corrected chi connectivity index (χ2v) is 4.79. The summed E-state index contributed by atoms with van der Waals surface area (Å²) in [7, 11) is 0. The van der Waals surface area contributed by atoms with E-state index in [0.29, 0.717) is 5.25 Å². The van der Waals surface area contributed by atoms with Gasteiger partial charge in [0.15, 0.2) is 0 Å². The van der Waals surface area contributed by atoms with E-state index < -0.39 is 0 Å². The molecule has 0 N–H and O–H groups in total. The highest BCUT2D eigenvalue weighted by Crippen LogP contribution is 2.48.